The lowest BCUT2D eigenvalue weighted by Crippen LogP contribution is -2.36. The molecular weight excluding hydrogens is 342 g/mol. The van der Waals surface area contributed by atoms with Crippen LogP contribution >= 0.6 is 0 Å². The second-order valence-electron chi connectivity index (χ2n) is 7.00. The van der Waals surface area contributed by atoms with E-state index in [0.717, 1.165) is 50.5 Å². The molecule has 1 aliphatic carbocycles. The van der Waals surface area contributed by atoms with Gasteiger partial charge in [0.05, 0.1) is 24.6 Å². The summed E-state index contributed by atoms with van der Waals surface area (Å²) in [6, 6.07) is 11.9. The first-order chi connectivity index (χ1) is 13.3. The minimum atomic E-state index is -0.144. The molecule has 0 radical (unpaired) electrons. The molecule has 2 fully saturated rings. The number of amides is 1. The van der Waals surface area contributed by atoms with E-state index in [-0.39, 0.29) is 11.9 Å². The minimum Gasteiger partial charge on any atom is -0.378 e. The molecule has 0 spiro atoms. The summed E-state index contributed by atoms with van der Waals surface area (Å²) < 4.78 is 5.44. The zero-order valence-electron chi connectivity index (χ0n) is 15.4. The average molecular weight is 367 g/mol. The van der Waals surface area contributed by atoms with E-state index in [2.05, 4.69) is 31.8 Å². The highest BCUT2D eigenvalue weighted by atomic mass is 16.5. The van der Waals surface area contributed by atoms with E-state index in [9.17, 15) is 4.79 Å². The first kappa shape index (κ1) is 17.7. The van der Waals surface area contributed by atoms with Crippen LogP contribution in [0.3, 0.4) is 0 Å². The fourth-order valence-corrected chi connectivity index (χ4v) is 3.65. The number of nitrogens with zero attached hydrogens (tertiary/aromatic N) is 3. The molecular formula is C20H25N5O2. The van der Waals surface area contributed by atoms with Crippen LogP contribution in [-0.4, -0.2) is 48.4 Å². The maximum Gasteiger partial charge on any atom is 0.272 e. The first-order valence-electron chi connectivity index (χ1n) is 9.63. The van der Waals surface area contributed by atoms with Gasteiger partial charge in [-0.1, -0.05) is 25.0 Å². The zero-order valence-corrected chi connectivity index (χ0v) is 15.4. The molecule has 2 N–H and O–H groups in total. The summed E-state index contributed by atoms with van der Waals surface area (Å²) in [6.45, 7) is 3.20. The fourth-order valence-electron chi connectivity index (χ4n) is 3.65. The highest BCUT2D eigenvalue weighted by molar-refractivity contribution is 5.92. The third-order valence-corrected chi connectivity index (χ3v) is 5.11. The molecule has 1 saturated carbocycles. The van der Waals surface area contributed by atoms with Crippen molar-refractivity contribution in [1.29, 1.82) is 0 Å². The Morgan fingerprint density at radius 1 is 1.04 bits per heavy atom. The summed E-state index contributed by atoms with van der Waals surface area (Å²) in [6.07, 6.45) is 4.47. The number of nitrogens with one attached hydrogen (secondary N) is 2. The Labute approximate surface area is 159 Å². The van der Waals surface area contributed by atoms with Gasteiger partial charge in [0, 0.05) is 19.1 Å². The molecule has 1 aliphatic heterocycles. The molecule has 0 bridgehead atoms. The molecule has 1 amide bonds. The molecule has 0 unspecified atom stereocenters. The number of carbonyl (C=O) groups excluding carboxylic acids is 1. The Balaban J connectivity index is 1.43. The second-order valence-corrected chi connectivity index (χ2v) is 7.00. The summed E-state index contributed by atoms with van der Waals surface area (Å²) in [7, 11) is 0. The summed E-state index contributed by atoms with van der Waals surface area (Å²) in [5.41, 5.74) is 2.44. The molecule has 0 atom stereocenters. The van der Waals surface area contributed by atoms with Gasteiger partial charge in [-0.25, -0.2) is 0 Å². The minimum absolute atomic E-state index is 0.144. The molecule has 7 nitrogen and oxygen atoms in total. The van der Waals surface area contributed by atoms with Gasteiger partial charge < -0.3 is 20.3 Å². The molecule has 27 heavy (non-hydrogen) atoms. The van der Waals surface area contributed by atoms with Crippen LogP contribution in [0, 0.1) is 0 Å². The standard InChI is InChI=1S/C20H25N5O2/c26-20(21-15-5-1-2-6-15)17-9-10-19(24-23-17)22-16-7-3-4-8-18(16)25-11-13-27-14-12-25/h3-4,7-10,15H,1-2,5-6,11-14H2,(H,21,26)(H,22,24). The summed E-state index contributed by atoms with van der Waals surface area (Å²) in [5, 5.41) is 14.6. The molecule has 1 aromatic heterocycles. The third kappa shape index (κ3) is 4.36. The van der Waals surface area contributed by atoms with Crippen LogP contribution in [-0.2, 0) is 4.74 Å². The number of aromatic nitrogens is 2. The highest BCUT2D eigenvalue weighted by Gasteiger charge is 2.19. The topological polar surface area (TPSA) is 79.4 Å². The molecule has 142 valence electrons. The molecule has 2 heterocycles. The molecule has 2 aliphatic rings. The average Bonchev–Trinajstić information content (AvgIpc) is 3.23. The Bertz CT molecular complexity index is 768. The highest BCUT2D eigenvalue weighted by Crippen LogP contribution is 2.28. The van der Waals surface area contributed by atoms with Crippen molar-refractivity contribution in [2.24, 2.45) is 0 Å². The fraction of sp³-hybridized carbons (Fsp3) is 0.450. The molecule has 1 saturated heterocycles. The van der Waals surface area contributed by atoms with E-state index in [4.69, 9.17) is 4.74 Å². The number of morpholine rings is 1. The molecule has 4 rings (SSSR count). The maximum absolute atomic E-state index is 12.3. The first-order valence-corrected chi connectivity index (χ1v) is 9.63. The predicted molar refractivity (Wildman–Crippen MR) is 105 cm³/mol. The van der Waals surface area contributed by atoms with E-state index in [1.54, 1.807) is 12.1 Å². The number of carbonyl (C=O) groups is 1. The van der Waals surface area contributed by atoms with Crippen LogP contribution in [0.1, 0.15) is 36.2 Å². The molecule has 1 aromatic carbocycles. The van der Waals surface area contributed by atoms with Gasteiger partial charge in [-0.3, -0.25) is 4.79 Å². The maximum atomic E-state index is 12.3. The van der Waals surface area contributed by atoms with Gasteiger partial charge in [0.25, 0.3) is 5.91 Å². The Morgan fingerprint density at radius 2 is 1.81 bits per heavy atom. The quantitative estimate of drug-likeness (QED) is 0.846. The van der Waals surface area contributed by atoms with Crippen molar-refractivity contribution in [1.82, 2.24) is 15.5 Å². The lowest BCUT2D eigenvalue weighted by Gasteiger charge is -2.30. The van der Waals surface area contributed by atoms with E-state index in [0.29, 0.717) is 11.5 Å². The van der Waals surface area contributed by atoms with Crippen molar-refractivity contribution in [3.8, 4) is 0 Å². The van der Waals surface area contributed by atoms with E-state index in [1.807, 2.05) is 18.2 Å². The largest absolute Gasteiger partial charge is 0.378 e. The van der Waals surface area contributed by atoms with Crippen LogP contribution in [0.2, 0.25) is 0 Å². The van der Waals surface area contributed by atoms with E-state index >= 15 is 0 Å². The Hall–Kier alpha value is -2.67. The second kappa shape index (κ2) is 8.35. The summed E-state index contributed by atoms with van der Waals surface area (Å²) >= 11 is 0. The van der Waals surface area contributed by atoms with Gasteiger partial charge in [0.2, 0.25) is 0 Å². The van der Waals surface area contributed by atoms with Crippen LogP contribution < -0.4 is 15.5 Å². The molecule has 2 aromatic rings. The van der Waals surface area contributed by atoms with Gasteiger partial charge >= 0.3 is 0 Å². The van der Waals surface area contributed by atoms with E-state index < -0.39 is 0 Å². The normalized spacial score (nSPS) is 17.7. The number of benzene rings is 1. The smallest absolute Gasteiger partial charge is 0.272 e. The van der Waals surface area contributed by atoms with Crippen LogP contribution in [0.4, 0.5) is 17.2 Å². The Kier molecular flexibility index (Phi) is 5.48. The number of para-hydroxylation sites is 2. The van der Waals surface area contributed by atoms with Crippen LogP contribution in [0.15, 0.2) is 36.4 Å². The lowest BCUT2D eigenvalue weighted by atomic mass is 10.2. The Morgan fingerprint density at radius 3 is 2.56 bits per heavy atom. The number of hydrogen-bond acceptors (Lipinski definition) is 6. The van der Waals surface area contributed by atoms with Gasteiger partial charge in [-0.05, 0) is 37.1 Å². The molecule has 7 heteroatoms. The summed E-state index contributed by atoms with van der Waals surface area (Å²) in [4.78, 5) is 14.6. The number of ether oxygens (including phenoxy) is 1. The van der Waals surface area contributed by atoms with Crippen LogP contribution in [0.25, 0.3) is 0 Å². The van der Waals surface area contributed by atoms with Gasteiger partial charge in [0.15, 0.2) is 11.5 Å². The number of rotatable bonds is 5. The SMILES string of the molecule is O=C(NC1CCCC1)c1ccc(Nc2ccccc2N2CCOCC2)nn1. The number of hydrogen-bond donors (Lipinski definition) is 2. The van der Waals surface area contributed by atoms with Crippen LogP contribution in [0.5, 0.6) is 0 Å². The zero-order chi connectivity index (χ0) is 18.5. The van der Waals surface area contributed by atoms with Gasteiger partial charge in [-0.2, -0.15) is 0 Å². The van der Waals surface area contributed by atoms with Crippen molar-refractivity contribution in [2.75, 3.05) is 36.5 Å². The monoisotopic (exact) mass is 367 g/mol. The predicted octanol–water partition coefficient (Wildman–Crippen LogP) is 2.73. The van der Waals surface area contributed by atoms with Crippen molar-refractivity contribution in [2.45, 2.75) is 31.7 Å². The summed E-state index contributed by atoms with van der Waals surface area (Å²) in [5.74, 6) is 0.475. The van der Waals surface area contributed by atoms with Crippen molar-refractivity contribution in [3.63, 3.8) is 0 Å². The third-order valence-electron chi connectivity index (χ3n) is 5.11. The number of anilines is 3. The van der Waals surface area contributed by atoms with Gasteiger partial charge in [-0.15, -0.1) is 10.2 Å². The van der Waals surface area contributed by atoms with Crippen molar-refractivity contribution >= 4 is 23.1 Å². The van der Waals surface area contributed by atoms with E-state index in [1.165, 1.54) is 12.8 Å². The van der Waals surface area contributed by atoms with Crippen molar-refractivity contribution < 1.29 is 9.53 Å². The lowest BCUT2D eigenvalue weighted by molar-refractivity contribution is 0.0932. The van der Waals surface area contributed by atoms with Gasteiger partial charge in [0.1, 0.15) is 0 Å². The van der Waals surface area contributed by atoms with Crippen molar-refractivity contribution in [3.05, 3.63) is 42.1 Å².